The molecule has 7 heteroatoms. The molecule has 2 atom stereocenters. The van der Waals surface area contributed by atoms with E-state index in [0.29, 0.717) is 25.8 Å². The standard InChI is InChI=1S/C13H22F3NO2S/c14-13(15,16)11-2-1-3-12(8-11)17-9-10-4-6-20(18,19)7-5-10/h10-12,17H,1-9H2/t11-,12-/m1/s1. The Morgan fingerprint density at radius 3 is 2.30 bits per heavy atom. The van der Waals surface area contributed by atoms with Gasteiger partial charge in [0.2, 0.25) is 0 Å². The molecule has 1 aliphatic carbocycles. The maximum Gasteiger partial charge on any atom is 0.391 e. The summed E-state index contributed by atoms with van der Waals surface area (Å²) < 4.78 is 60.7. The van der Waals surface area contributed by atoms with E-state index in [-0.39, 0.29) is 36.3 Å². The highest BCUT2D eigenvalue weighted by Gasteiger charge is 2.42. The Morgan fingerprint density at radius 2 is 1.70 bits per heavy atom. The Bertz CT molecular complexity index is 408. The van der Waals surface area contributed by atoms with Crippen molar-refractivity contribution in [3.63, 3.8) is 0 Å². The summed E-state index contributed by atoms with van der Waals surface area (Å²) in [6, 6.07) is -0.0751. The largest absolute Gasteiger partial charge is 0.391 e. The lowest BCUT2D eigenvalue weighted by molar-refractivity contribution is -0.183. The summed E-state index contributed by atoms with van der Waals surface area (Å²) in [5.74, 6) is -0.463. The van der Waals surface area contributed by atoms with Gasteiger partial charge in [0.15, 0.2) is 0 Å². The molecule has 0 unspecified atom stereocenters. The van der Waals surface area contributed by atoms with Crippen molar-refractivity contribution < 1.29 is 21.6 Å². The van der Waals surface area contributed by atoms with Gasteiger partial charge in [-0.05, 0) is 44.6 Å². The molecule has 1 N–H and O–H groups in total. The van der Waals surface area contributed by atoms with E-state index in [1.807, 2.05) is 0 Å². The summed E-state index contributed by atoms with van der Waals surface area (Å²) >= 11 is 0. The number of alkyl halides is 3. The van der Waals surface area contributed by atoms with Crippen LogP contribution in [-0.4, -0.2) is 38.7 Å². The molecule has 0 bridgehead atoms. The van der Waals surface area contributed by atoms with Crippen LogP contribution in [0.2, 0.25) is 0 Å². The maximum atomic E-state index is 12.7. The van der Waals surface area contributed by atoms with Crippen LogP contribution in [0, 0.1) is 11.8 Å². The number of rotatable bonds is 3. The third-order valence-electron chi connectivity index (χ3n) is 4.51. The minimum absolute atomic E-state index is 0.0751. The fraction of sp³-hybridized carbons (Fsp3) is 1.00. The third kappa shape index (κ3) is 4.62. The van der Waals surface area contributed by atoms with Crippen molar-refractivity contribution in [1.29, 1.82) is 0 Å². The van der Waals surface area contributed by atoms with Crippen LogP contribution in [0.5, 0.6) is 0 Å². The van der Waals surface area contributed by atoms with Crippen molar-refractivity contribution in [3.8, 4) is 0 Å². The Morgan fingerprint density at radius 1 is 1.05 bits per heavy atom. The fourth-order valence-corrected chi connectivity index (χ4v) is 4.74. The molecule has 1 aliphatic heterocycles. The van der Waals surface area contributed by atoms with Crippen molar-refractivity contribution in [1.82, 2.24) is 5.32 Å². The van der Waals surface area contributed by atoms with E-state index < -0.39 is 21.9 Å². The van der Waals surface area contributed by atoms with Crippen LogP contribution in [0.3, 0.4) is 0 Å². The van der Waals surface area contributed by atoms with Gasteiger partial charge in [0, 0.05) is 6.04 Å². The molecule has 0 aromatic heterocycles. The maximum absolute atomic E-state index is 12.7. The first kappa shape index (κ1) is 16.1. The zero-order valence-electron chi connectivity index (χ0n) is 11.5. The lowest BCUT2D eigenvalue weighted by Crippen LogP contribution is -2.41. The fourth-order valence-electron chi connectivity index (χ4n) is 3.15. The van der Waals surface area contributed by atoms with Crippen LogP contribution in [0.1, 0.15) is 38.5 Å². The highest BCUT2D eigenvalue weighted by Crippen LogP contribution is 2.37. The highest BCUT2D eigenvalue weighted by atomic mass is 32.2. The van der Waals surface area contributed by atoms with Crippen molar-refractivity contribution in [2.24, 2.45) is 11.8 Å². The van der Waals surface area contributed by atoms with Crippen LogP contribution in [-0.2, 0) is 9.84 Å². The minimum atomic E-state index is -4.08. The van der Waals surface area contributed by atoms with E-state index in [1.54, 1.807) is 0 Å². The molecule has 0 aromatic carbocycles. The normalized spacial score (nSPS) is 32.1. The average molecular weight is 313 g/mol. The Hall–Kier alpha value is -0.300. The number of hydrogen-bond donors (Lipinski definition) is 1. The Balaban J connectivity index is 1.74. The smallest absolute Gasteiger partial charge is 0.314 e. The van der Waals surface area contributed by atoms with Gasteiger partial charge in [-0.15, -0.1) is 0 Å². The molecule has 2 aliphatic rings. The molecule has 3 nitrogen and oxygen atoms in total. The average Bonchev–Trinajstić information content (AvgIpc) is 2.37. The number of sulfone groups is 1. The van der Waals surface area contributed by atoms with E-state index in [2.05, 4.69) is 5.32 Å². The van der Waals surface area contributed by atoms with E-state index in [1.165, 1.54) is 0 Å². The molecule has 1 heterocycles. The lowest BCUT2D eigenvalue weighted by atomic mass is 9.85. The first-order valence-corrected chi connectivity index (χ1v) is 9.09. The van der Waals surface area contributed by atoms with Gasteiger partial charge < -0.3 is 5.32 Å². The van der Waals surface area contributed by atoms with Crippen molar-refractivity contribution in [3.05, 3.63) is 0 Å². The predicted molar refractivity (Wildman–Crippen MR) is 71.2 cm³/mol. The summed E-state index contributed by atoms with van der Waals surface area (Å²) in [5, 5.41) is 3.23. The molecule has 0 spiro atoms. The quantitative estimate of drug-likeness (QED) is 0.871. The zero-order valence-corrected chi connectivity index (χ0v) is 12.3. The Labute approximate surface area is 118 Å². The van der Waals surface area contributed by atoms with E-state index >= 15 is 0 Å². The number of halogens is 3. The van der Waals surface area contributed by atoms with Gasteiger partial charge in [-0.3, -0.25) is 0 Å². The molecule has 1 saturated heterocycles. The van der Waals surface area contributed by atoms with Gasteiger partial charge in [-0.1, -0.05) is 6.42 Å². The minimum Gasteiger partial charge on any atom is -0.314 e. The molecular formula is C13H22F3NO2S. The molecular weight excluding hydrogens is 291 g/mol. The van der Waals surface area contributed by atoms with Crippen molar-refractivity contribution in [2.45, 2.75) is 50.7 Å². The molecule has 118 valence electrons. The molecule has 0 radical (unpaired) electrons. The monoisotopic (exact) mass is 313 g/mol. The van der Waals surface area contributed by atoms with Gasteiger partial charge in [0.1, 0.15) is 9.84 Å². The molecule has 1 saturated carbocycles. The van der Waals surface area contributed by atoms with E-state index in [0.717, 1.165) is 6.42 Å². The van der Waals surface area contributed by atoms with Crippen LogP contribution < -0.4 is 5.32 Å². The summed E-state index contributed by atoms with van der Waals surface area (Å²) in [4.78, 5) is 0. The highest BCUT2D eigenvalue weighted by molar-refractivity contribution is 7.91. The van der Waals surface area contributed by atoms with Crippen LogP contribution in [0.25, 0.3) is 0 Å². The zero-order chi connectivity index (χ0) is 14.8. The first-order chi connectivity index (χ1) is 9.26. The van der Waals surface area contributed by atoms with E-state index in [9.17, 15) is 21.6 Å². The molecule has 20 heavy (non-hydrogen) atoms. The third-order valence-corrected chi connectivity index (χ3v) is 6.22. The second-order valence-electron chi connectivity index (χ2n) is 6.11. The first-order valence-electron chi connectivity index (χ1n) is 7.27. The Kier molecular flexibility index (Phi) is 5.00. The van der Waals surface area contributed by atoms with Crippen molar-refractivity contribution >= 4 is 9.84 Å². The summed E-state index contributed by atoms with van der Waals surface area (Å²) in [7, 11) is -2.86. The van der Waals surface area contributed by atoms with Crippen LogP contribution in [0.4, 0.5) is 13.2 Å². The second kappa shape index (κ2) is 6.22. The topological polar surface area (TPSA) is 46.2 Å². The molecule has 0 aromatic rings. The van der Waals surface area contributed by atoms with Gasteiger partial charge in [0.05, 0.1) is 17.4 Å². The van der Waals surface area contributed by atoms with Gasteiger partial charge in [-0.2, -0.15) is 13.2 Å². The second-order valence-corrected chi connectivity index (χ2v) is 8.41. The SMILES string of the molecule is O=S1(=O)CCC(CN[C@@H]2CCC[C@@H](C(F)(F)F)C2)CC1. The van der Waals surface area contributed by atoms with Crippen LogP contribution in [0.15, 0.2) is 0 Å². The lowest BCUT2D eigenvalue weighted by Gasteiger charge is -2.32. The number of nitrogens with one attached hydrogen (secondary N) is 1. The van der Waals surface area contributed by atoms with Crippen LogP contribution >= 0.6 is 0 Å². The molecule has 2 fully saturated rings. The predicted octanol–water partition coefficient (Wildman–Crippen LogP) is 2.52. The van der Waals surface area contributed by atoms with Gasteiger partial charge in [0.25, 0.3) is 0 Å². The summed E-state index contributed by atoms with van der Waals surface area (Å²) in [6.45, 7) is 0.644. The summed E-state index contributed by atoms with van der Waals surface area (Å²) in [5.41, 5.74) is 0. The van der Waals surface area contributed by atoms with E-state index in [4.69, 9.17) is 0 Å². The van der Waals surface area contributed by atoms with Crippen molar-refractivity contribution in [2.75, 3.05) is 18.1 Å². The van der Waals surface area contributed by atoms with Gasteiger partial charge >= 0.3 is 6.18 Å². The van der Waals surface area contributed by atoms with Gasteiger partial charge in [-0.25, -0.2) is 8.42 Å². The number of hydrogen-bond acceptors (Lipinski definition) is 3. The summed E-state index contributed by atoms with van der Waals surface area (Å²) in [6.07, 6.45) is -1.02. The molecule has 0 amide bonds. The molecule has 2 rings (SSSR count).